The molecule has 11 nitrogen and oxygen atoms in total. The molecule has 0 saturated heterocycles. The van der Waals surface area contributed by atoms with E-state index >= 15 is 0 Å². The molecule has 2 heterocycles. The second-order valence-corrected chi connectivity index (χ2v) is 4.82. The molecule has 0 fully saturated rings. The zero-order chi connectivity index (χ0) is 17.8. The summed E-state index contributed by atoms with van der Waals surface area (Å²) in [4.78, 5) is 30.3. The lowest BCUT2D eigenvalue weighted by Crippen LogP contribution is -2.12. The van der Waals surface area contributed by atoms with Crippen LogP contribution < -0.4 is 5.76 Å². The lowest BCUT2D eigenvalue weighted by molar-refractivity contribution is -0.389. The van der Waals surface area contributed by atoms with Crippen molar-refractivity contribution in [3.63, 3.8) is 0 Å². The number of oxime groups is 1. The van der Waals surface area contributed by atoms with E-state index in [2.05, 4.69) is 15.2 Å². The molecular weight excluding hydrogens is 332 g/mol. The summed E-state index contributed by atoms with van der Waals surface area (Å²) in [6.45, 7) is -0.157. The van der Waals surface area contributed by atoms with Crippen LogP contribution in [0.4, 0.5) is 5.82 Å². The summed E-state index contributed by atoms with van der Waals surface area (Å²) in [5.41, 5.74) is 0.924. The molecule has 2 aromatic heterocycles. The SMILES string of the molecule is Cn1oc(=O)nc1C(=NOCn1ccc([N+](=O)[O-])n1)c1ccccc1. The van der Waals surface area contributed by atoms with Gasteiger partial charge < -0.3 is 19.5 Å². The van der Waals surface area contributed by atoms with Gasteiger partial charge in [0.25, 0.3) is 0 Å². The van der Waals surface area contributed by atoms with Crippen LogP contribution in [-0.2, 0) is 18.6 Å². The van der Waals surface area contributed by atoms with Gasteiger partial charge in [-0.05, 0) is 4.92 Å². The van der Waals surface area contributed by atoms with E-state index in [1.165, 1.54) is 28.7 Å². The zero-order valence-electron chi connectivity index (χ0n) is 13.0. The first-order valence-corrected chi connectivity index (χ1v) is 7.02. The minimum Gasteiger partial charge on any atom is -0.369 e. The highest BCUT2D eigenvalue weighted by Crippen LogP contribution is 2.09. The van der Waals surface area contributed by atoms with Crippen LogP contribution in [0, 0.1) is 10.1 Å². The van der Waals surface area contributed by atoms with Gasteiger partial charge in [-0.15, -0.1) is 4.68 Å². The molecule has 0 radical (unpaired) electrons. The predicted octanol–water partition coefficient (Wildman–Crippen LogP) is 0.905. The Labute approximate surface area is 139 Å². The fraction of sp³-hybridized carbons (Fsp3) is 0.143. The third-order valence-electron chi connectivity index (χ3n) is 3.13. The lowest BCUT2D eigenvalue weighted by atomic mass is 10.1. The van der Waals surface area contributed by atoms with E-state index in [1.54, 1.807) is 24.3 Å². The van der Waals surface area contributed by atoms with E-state index in [0.717, 1.165) is 0 Å². The Morgan fingerprint density at radius 1 is 1.36 bits per heavy atom. The molecule has 0 aliphatic carbocycles. The molecule has 25 heavy (non-hydrogen) atoms. The van der Waals surface area contributed by atoms with Crippen LogP contribution in [0.15, 0.2) is 57.1 Å². The summed E-state index contributed by atoms with van der Waals surface area (Å²) in [5.74, 6) is -0.874. The Hall–Kier alpha value is -3.76. The molecule has 0 aliphatic rings. The van der Waals surface area contributed by atoms with Crippen molar-refractivity contribution in [1.82, 2.24) is 19.5 Å². The molecule has 11 heteroatoms. The number of aromatic nitrogens is 4. The maximum Gasteiger partial charge on any atom is 0.460 e. The monoisotopic (exact) mass is 344 g/mol. The van der Waals surface area contributed by atoms with Gasteiger partial charge in [-0.1, -0.05) is 35.5 Å². The van der Waals surface area contributed by atoms with Gasteiger partial charge in [-0.2, -0.15) is 9.72 Å². The Morgan fingerprint density at radius 2 is 2.12 bits per heavy atom. The van der Waals surface area contributed by atoms with Crippen LogP contribution >= 0.6 is 0 Å². The molecule has 1 aromatic carbocycles. The van der Waals surface area contributed by atoms with Gasteiger partial charge in [0.05, 0.1) is 17.4 Å². The first-order valence-electron chi connectivity index (χ1n) is 7.02. The van der Waals surface area contributed by atoms with E-state index in [0.29, 0.717) is 5.56 Å². The first kappa shape index (κ1) is 16.1. The van der Waals surface area contributed by atoms with E-state index in [4.69, 9.17) is 9.36 Å². The van der Waals surface area contributed by atoms with E-state index < -0.39 is 10.7 Å². The third-order valence-corrected chi connectivity index (χ3v) is 3.13. The molecule has 0 saturated carbocycles. The molecule has 0 spiro atoms. The van der Waals surface area contributed by atoms with Crippen molar-refractivity contribution in [2.45, 2.75) is 6.73 Å². The van der Waals surface area contributed by atoms with Crippen LogP contribution in [0.5, 0.6) is 0 Å². The highest BCUT2D eigenvalue weighted by Gasteiger charge is 2.17. The Balaban J connectivity index is 1.86. The fourth-order valence-electron chi connectivity index (χ4n) is 2.03. The number of rotatable bonds is 6. The van der Waals surface area contributed by atoms with Gasteiger partial charge in [0.2, 0.25) is 6.73 Å². The van der Waals surface area contributed by atoms with Crippen molar-refractivity contribution in [3.8, 4) is 0 Å². The van der Waals surface area contributed by atoms with Crippen molar-refractivity contribution in [3.05, 3.63) is 74.6 Å². The first-order chi connectivity index (χ1) is 12.0. The standard InChI is InChI=1S/C14H12N6O5/c1-18-13(15-14(21)25-18)12(10-5-3-2-4-6-10)17-24-9-19-8-7-11(16-19)20(22)23/h2-8H,9H2,1H3. The van der Waals surface area contributed by atoms with Crippen molar-refractivity contribution in [2.24, 2.45) is 12.2 Å². The second-order valence-electron chi connectivity index (χ2n) is 4.82. The molecule has 128 valence electrons. The summed E-state index contributed by atoms with van der Waals surface area (Å²) in [7, 11) is 1.51. The third kappa shape index (κ3) is 3.60. The Kier molecular flexibility index (Phi) is 4.37. The van der Waals surface area contributed by atoms with Gasteiger partial charge in [0.15, 0.2) is 11.5 Å². The quantitative estimate of drug-likeness (QED) is 0.369. The van der Waals surface area contributed by atoms with Crippen molar-refractivity contribution < 1.29 is 14.3 Å². The van der Waals surface area contributed by atoms with Crippen molar-refractivity contribution in [1.29, 1.82) is 0 Å². The Bertz CT molecular complexity index is 971. The number of hydrogen-bond donors (Lipinski definition) is 0. The molecular formula is C14H12N6O5. The molecule has 0 unspecified atom stereocenters. The number of hydrogen-bond acceptors (Lipinski definition) is 8. The van der Waals surface area contributed by atoms with Gasteiger partial charge in [0, 0.05) is 12.6 Å². The maximum absolute atomic E-state index is 11.3. The molecule has 0 amide bonds. The normalized spacial score (nSPS) is 11.5. The van der Waals surface area contributed by atoms with Gasteiger partial charge in [-0.25, -0.2) is 4.79 Å². The summed E-state index contributed by atoms with van der Waals surface area (Å²) in [6.07, 6.45) is 1.39. The zero-order valence-corrected chi connectivity index (χ0v) is 13.0. The van der Waals surface area contributed by atoms with Crippen LogP contribution in [0.3, 0.4) is 0 Å². The molecule has 0 aliphatic heterocycles. The van der Waals surface area contributed by atoms with Crippen LogP contribution in [0.2, 0.25) is 0 Å². The maximum atomic E-state index is 11.3. The van der Waals surface area contributed by atoms with E-state index in [9.17, 15) is 14.9 Å². The van der Waals surface area contributed by atoms with Crippen LogP contribution in [0.25, 0.3) is 0 Å². The summed E-state index contributed by atoms with van der Waals surface area (Å²) in [6, 6.07) is 10.2. The fourth-order valence-corrected chi connectivity index (χ4v) is 2.03. The van der Waals surface area contributed by atoms with E-state index in [1.807, 2.05) is 6.07 Å². The number of nitrogens with zero attached hydrogens (tertiary/aromatic N) is 6. The van der Waals surface area contributed by atoms with Gasteiger partial charge in [0.1, 0.15) is 0 Å². The van der Waals surface area contributed by atoms with Crippen molar-refractivity contribution >= 4 is 11.5 Å². The largest absolute Gasteiger partial charge is 0.460 e. The average molecular weight is 344 g/mol. The summed E-state index contributed by atoms with van der Waals surface area (Å²) < 4.78 is 7.22. The molecule has 0 bridgehead atoms. The number of nitro groups is 1. The minimum atomic E-state index is -0.760. The van der Waals surface area contributed by atoms with Crippen LogP contribution in [0.1, 0.15) is 11.4 Å². The lowest BCUT2D eigenvalue weighted by Gasteiger charge is -2.05. The highest BCUT2D eigenvalue weighted by molar-refractivity contribution is 6.10. The van der Waals surface area contributed by atoms with Crippen LogP contribution in [-0.4, -0.2) is 30.1 Å². The molecule has 0 N–H and O–H groups in total. The Morgan fingerprint density at radius 3 is 2.72 bits per heavy atom. The summed E-state index contributed by atoms with van der Waals surface area (Å²) >= 11 is 0. The molecule has 3 aromatic rings. The topological polar surface area (TPSA) is 131 Å². The molecule has 3 rings (SSSR count). The predicted molar refractivity (Wildman–Crippen MR) is 83.8 cm³/mol. The average Bonchev–Trinajstić information content (AvgIpc) is 3.19. The van der Waals surface area contributed by atoms with Crippen molar-refractivity contribution in [2.75, 3.05) is 0 Å². The van der Waals surface area contributed by atoms with Gasteiger partial charge in [-0.3, -0.25) is 0 Å². The van der Waals surface area contributed by atoms with E-state index in [-0.39, 0.29) is 24.1 Å². The summed E-state index contributed by atoms with van der Waals surface area (Å²) in [5, 5.41) is 18.3. The number of aryl methyl sites for hydroxylation is 1. The minimum absolute atomic E-state index is 0.157. The molecule has 0 atom stereocenters. The highest BCUT2D eigenvalue weighted by atomic mass is 16.6. The smallest absolute Gasteiger partial charge is 0.369 e. The van der Waals surface area contributed by atoms with Gasteiger partial charge >= 0.3 is 11.6 Å². The second kappa shape index (κ2) is 6.78. The number of benzene rings is 1.